The van der Waals surface area contributed by atoms with E-state index in [-0.39, 0.29) is 0 Å². The Kier molecular flexibility index (Phi) is 9.67. The first-order chi connectivity index (χ1) is 13.1. The molecule has 0 unspecified atom stereocenters. The van der Waals surface area contributed by atoms with Gasteiger partial charge in [-0.2, -0.15) is 0 Å². The third-order valence-corrected chi connectivity index (χ3v) is 5.74. The molecule has 0 aromatic heterocycles. The molecule has 0 spiro atoms. The van der Waals surface area contributed by atoms with Crippen LogP contribution >= 0.6 is 0 Å². The van der Waals surface area contributed by atoms with Crippen LogP contribution in [0.2, 0.25) is 0 Å². The molecule has 0 heteroatoms. The van der Waals surface area contributed by atoms with Crippen molar-refractivity contribution < 1.29 is 0 Å². The fourth-order valence-corrected chi connectivity index (χ4v) is 4.29. The number of hydrogen-bond acceptors (Lipinski definition) is 0. The molecule has 2 rings (SSSR count). The first-order valence-corrected chi connectivity index (χ1v) is 11.3. The summed E-state index contributed by atoms with van der Waals surface area (Å²) in [4.78, 5) is 0. The monoisotopic (exact) mass is 364 g/mol. The number of unbranched alkanes of at least 4 members (excludes halogenated alkanes) is 9. The van der Waals surface area contributed by atoms with E-state index in [1.165, 1.54) is 104 Å². The number of rotatable bonds is 12. The lowest BCUT2D eigenvalue weighted by Gasteiger charge is -2.12. The van der Waals surface area contributed by atoms with E-state index in [1.807, 2.05) is 0 Å². The van der Waals surface area contributed by atoms with Crippen LogP contribution in [0.25, 0.3) is 11.1 Å². The van der Waals surface area contributed by atoms with Gasteiger partial charge in [-0.25, -0.2) is 0 Å². The zero-order valence-corrected chi connectivity index (χ0v) is 18.2. The van der Waals surface area contributed by atoms with Crippen LogP contribution in [0, 0.1) is 20.8 Å². The normalized spacial score (nSPS) is 11.1. The van der Waals surface area contributed by atoms with Crippen molar-refractivity contribution in [3.8, 4) is 11.1 Å². The summed E-state index contributed by atoms with van der Waals surface area (Å²) in [5.74, 6) is 0. The molecule has 0 N–H and O–H groups in total. The second-order valence-electron chi connectivity index (χ2n) is 8.40. The van der Waals surface area contributed by atoms with Gasteiger partial charge < -0.3 is 0 Å². The van der Waals surface area contributed by atoms with Crippen molar-refractivity contribution in [3.63, 3.8) is 0 Å². The molecule has 0 amide bonds. The minimum atomic E-state index is 1.22. The Labute approximate surface area is 168 Å². The van der Waals surface area contributed by atoms with E-state index in [1.54, 1.807) is 0 Å². The largest absolute Gasteiger partial charge is 0.0654 e. The molecule has 27 heavy (non-hydrogen) atoms. The van der Waals surface area contributed by atoms with Crippen molar-refractivity contribution in [2.45, 2.75) is 98.3 Å². The number of benzene rings is 2. The van der Waals surface area contributed by atoms with Gasteiger partial charge in [0.2, 0.25) is 0 Å². The summed E-state index contributed by atoms with van der Waals surface area (Å²) in [6.07, 6.45) is 15.3. The fraction of sp³-hybridized carbons (Fsp3) is 0.556. The highest BCUT2D eigenvalue weighted by Crippen LogP contribution is 2.28. The molecule has 0 aliphatic rings. The SMILES string of the molecule is CCCCCCCCCCCCc1ccc(-c2c(C)cc(C)cc2C)cc1. The summed E-state index contributed by atoms with van der Waals surface area (Å²) < 4.78 is 0. The first kappa shape index (κ1) is 21.7. The number of hydrogen-bond donors (Lipinski definition) is 0. The van der Waals surface area contributed by atoms with Crippen LogP contribution in [-0.2, 0) is 6.42 Å². The van der Waals surface area contributed by atoms with Gasteiger partial charge in [0.25, 0.3) is 0 Å². The van der Waals surface area contributed by atoms with Crippen molar-refractivity contribution in [1.82, 2.24) is 0 Å². The van der Waals surface area contributed by atoms with Crippen LogP contribution in [0.15, 0.2) is 36.4 Å². The van der Waals surface area contributed by atoms with E-state index in [0.717, 1.165) is 0 Å². The molecule has 0 bridgehead atoms. The minimum absolute atomic E-state index is 1.22. The number of aryl methyl sites for hydroxylation is 4. The van der Waals surface area contributed by atoms with Crippen molar-refractivity contribution in [2.75, 3.05) is 0 Å². The van der Waals surface area contributed by atoms with E-state index in [4.69, 9.17) is 0 Å². The van der Waals surface area contributed by atoms with Gasteiger partial charge in [0.15, 0.2) is 0 Å². The van der Waals surface area contributed by atoms with Crippen LogP contribution in [0.3, 0.4) is 0 Å². The molecule has 0 radical (unpaired) electrons. The molecule has 0 saturated heterocycles. The van der Waals surface area contributed by atoms with E-state index >= 15 is 0 Å². The van der Waals surface area contributed by atoms with Gasteiger partial charge in [-0.15, -0.1) is 0 Å². The summed E-state index contributed by atoms with van der Waals surface area (Å²) in [5, 5.41) is 0. The molecule has 0 fully saturated rings. The van der Waals surface area contributed by atoms with Crippen LogP contribution in [0.4, 0.5) is 0 Å². The molecule has 0 aliphatic carbocycles. The van der Waals surface area contributed by atoms with Crippen LogP contribution in [0.1, 0.15) is 93.4 Å². The van der Waals surface area contributed by atoms with Gasteiger partial charge in [0, 0.05) is 0 Å². The fourth-order valence-electron chi connectivity index (χ4n) is 4.29. The average Bonchev–Trinajstić information content (AvgIpc) is 2.63. The van der Waals surface area contributed by atoms with Crippen molar-refractivity contribution in [1.29, 1.82) is 0 Å². The summed E-state index contributed by atoms with van der Waals surface area (Å²) in [6.45, 7) is 8.93. The molecule has 0 aliphatic heterocycles. The molecule has 0 atom stereocenters. The van der Waals surface area contributed by atoms with Crippen LogP contribution in [0.5, 0.6) is 0 Å². The smallest absolute Gasteiger partial charge is 0.0125 e. The maximum absolute atomic E-state index is 2.34. The zero-order chi connectivity index (χ0) is 19.5. The molecule has 0 nitrogen and oxygen atoms in total. The third-order valence-electron chi connectivity index (χ3n) is 5.74. The Balaban J connectivity index is 1.69. The minimum Gasteiger partial charge on any atom is -0.0654 e. The maximum atomic E-state index is 2.34. The summed E-state index contributed by atoms with van der Waals surface area (Å²) in [6, 6.07) is 13.9. The average molecular weight is 365 g/mol. The Hall–Kier alpha value is -1.56. The highest BCUT2D eigenvalue weighted by Gasteiger charge is 2.06. The van der Waals surface area contributed by atoms with E-state index in [2.05, 4.69) is 64.1 Å². The predicted molar refractivity (Wildman–Crippen MR) is 122 cm³/mol. The van der Waals surface area contributed by atoms with Gasteiger partial charge in [-0.3, -0.25) is 0 Å². The lowest BCUT2D eigenvalue weighted by Crippen LogP contribution is -1.91. The lowest BCUT2D eigenvalue weighted by atomic mass is 9.93. The van der Waals surface area contributed by atoms with Crippen molar-refractivity contribution >= 4 is 0 Å². The molecular formula is C27H40. The van der Waals surface area contributed by atoms with Gasteiger partial charge in [0.1, 0.15) is 0 Å². The quantitative estimate of drug-likeness (QED) is 0.330. The lowest BCUT2D eigenvalue weighted by molar-refractivity contribution is 0.556. The maximum Gasteiger partial charge on any atom is -0.0125 e. The van der Waals surface area contributed by atoms with Crippen molar-refractivity contribution in [2.24, 2.45) is 0 Å². The Morgan fingerprint density at radius 1 is 0.593 bits per heavy atom. The third kappa shape index (κ3) is 7.53. The van der Waals surface area contributed by atoms with Gasteiger partial charge >= 0.3 is 0 Å². The second kappa shape index (κ2) is 12.0. The molecule has 0 heterocycles. The second-order valence-corrected chi connectivity index (χ2v) is 8.40. The van der Waals surface area contributed by atoms with Crippen LogP contribution in [-0.4, -0.2) is 0 Å². The molecule has 0 saturated carbocycles. The summed E-state index contributed by atoms with van der Waals surface area (Å²) in [7, 11) is 0. The molecular weight excluding hydrogens is 324 g/mol. The van der Waals surface area contributed by atoms with E-state index in [9.17, 15) is 0 Å². The summed E-state index contributed by atoms with van der Waals surface area (Å²) >= 11 is 0. The van der Waals surface area contributed by atoms with Gasteiger partial charge in [0.05, 0.1) is 0 Å². The van der Waals surface area contributed by atoms with Gasteiger partial charge in [-0.1, -0.05) is 107 Å². The molecule has 148 valence electrons. The Morgan fingerprint density at radius 2 is 1.07 bits per heavy atom. The predicted octanol–water partition coefficient (Wildman–Crippen LogP) is 8.74. The van der Waals surface area contributed by atoms with Gasteiger partial charge in [-0.05, 0) is 61.4 Å². The molecule has 2 aromatic rings. The zero-order valence-electron chi connectivity index (χ0n) is 18.2. The topological polar surface area (TPSA) is 0 Å². The first-order valence-electron chi connectivity index (χ1n) is 11.3. The summed E-state index contributed by atoms with van der Waals surface area (Å²) in [5.41, 5.74) is 8.37. The van der Waals surface area contributed by atoms with E-state index in [0.29, 0.717) is 0 Å². The Bertz CT molecular complexity index is 640. The standard InChI is InChI=1S/C27H40/c1-5-6-7-8-9-10-11-12-13-14-15-25-16-18-26(19-17-25)27-23(3)20-22(2)21-24(27)4/h16-21H,5-15H2,1-4H3. The highest BCUT2D eigenvalue weighted by atomic mass is 14.1. The molecule has 2 aromatic carbocycles. The van der Waals surface area contributed by atoms with E-state index < -0.39 is 0 Å². The highest BCUT2D eigenvalue weighted by molar-refractivity contribution is 5.71. The van der Waals surface area contributed by atoms with Crippen LogP contribution < -0.4 is 0 Å². The Morgan fingerprint density at radius 3 is 1.59 bits per heavy atom. The van der Waals surface area contributed by atoms with Crippen molar-refractivity contribution in [3.05, 3.63) is 58.7 Å².